The molecule has 0 radical (unpaired) electrons. The van der Waals surface area contributed by atoms with E-state index in [0.29, 0.717) is 18.4 Å². The van der Waals surface area contributed by atoms with E-state index in [0.717, 1.165) is 10.6 Å². The Morgan fingerprint density at radius 2 is 2.00 bits per heavy atom. The quantitative estimate of drug-likeness (QED) is 0.818. The monoisotopic (exact) mass is 343 g/mol. The molecule has 0 aliphatic carbocycles. The van der Waals surface area contributed by atoms with Crippen molar-refractivity contribution >= 4 is 29.2 Å². The minimum Gasteiger partial charge on any atom is -0.322 e. The van der Waals surface area contributed by atoms with Gasteiger partial charge in [0.2, 0.25) is 0 Å². The Bertz CT molecular complexity index is 761. The molecule has 1 aliphatic heterocycles. The van der Waals surface area contributed by atoms with E-state index in [2.05, 4.69) is 10.7 Å². The fraction of sp³-hybridized carbons (Fsp3) is 0.235. The molecular weight excluding hydrogens is 326 g/mol. The lowest BCUT2D eigenvalue weighted by molar-refractivity contribution is -0.132. The molecule has 1 aliphatic rings. The molecule has 4 amide bonds. The second-order valence-electron chi connectivity index (χ2n) is 5.84. The molecule has 6 nitrogen and oxygen atoms in total. The highest BCUT2D eigenvalue weighted by atomic mass is 32.1. The molecule has 0 unspecified atom stereocenters. The van der Waals surface area contributed by atoms with Crippen LogP contribution in [-0.4, -0.2) is 28.4 Å². The number of nitrogens with one attached hydrogen (secondary N) is 2. The minimum absolute atomic E-state index is 0.415. The molecule has 24 heavy (non-hydrogen) atoms. The summed E-state index contributed by atoms with van der Waals surface area (Å²) in [4.78, 5) is 36.8. The highest BCUT2D eigenvalue weighted by molar-refractivity contribution is 7.08. The van der Waals surface area contributed by atoms with Crippen molar-refractivity contribution in [2.75, 3.05) is 0 Å². The van der Waals surface area contributed by atoms with E-state index in [1.807, 2.05) is 30.3 Å². The molecule has 1 fully saturated rings. The van der Waals surface area contributed by atoms with Crippen LogP contribution in [0.3, 0.4) is 0 Å². The summed E-state index contributed by atoms with van der Waals surface area (Å²) in [5, 5.41) is 6.86. The van der Waals surface area contributed by atoms with Crippen LogP contribution in [-0.2, 0) is 11.2 Å². The van der Waals surface area contributed by atoms with Crippen molar-refractivity contribution in [1.82, 2.24) is 15.8 Å². The molecule has 0 spiro atoms. The van der Waals surface area contributed by atoms with Crippen LogP contribution in [0.15, 0.2) is 47.2 Å². The predicted molar refractivity (Wildman–Crippen MR) is 90.3 cm³/mol. The first-order valence-electron chi connectivity index (χ1n) is 7.53. The van der Waals surface area contributed by atoms with Gasteiger partial charge in [-0.25, -0.2) is 4.79 Å². The van der Waals surface area contributed by atoms with Gasteiger partial charge in [0.25, 0.3) is 11.8 Å². The summed E-state index contributed by atoms with van der Waals surface area (Å²) in [5.74, 6) is -0.931. The van der Waals surface area contributed by atoms with Crippen LogP contribution in [0.5, 0.6) is 0 Å². The maximum Gasteiger partial charge on any atom is 0.344 e. The lowest BCUT2D eigenvalue weighted by Crippen LogP contribution is -2.48. The third-order valence-electron chi connectivity index (χ3n) is 4.01. The van der Waals surface area contributed by atoms with Gasteiger partial charge in [0.1, 0.15) is 5.54 Å². The van der Waals surface area contributed by atoms with Crippen LogP contribution in [0.2, 0.25) is 0 Å². The number of thiophene rings is 1. The number of carbonyl (C=O) groups is 3. The number of carbonyl (C=O) groups excluding carboxylic acids is 3. The van der Waals surface area contributed by atoms with Gasteiger partial charge < -0.3 is 5.32 Å². The molecule has 0 bridgehead atoms. The molecule has 1 saturated heterocycles. The van der Waals surface area contributed by atoms with Crippen LogP contribution >= 0.6 is 11.3 Å². The fourth-order valence-electron chi connectivity index (χ4n) is 2.55. The Balaban J connectivity index is 1.67. The Kier molecular flexibility index (Phi) is 4.35. The van der Waals surface area contributed by atoms with Gasteiger partial charge in [-0.2, -0.15) is 16.3 Å². The van der Waals surface area contributed by atoms with Crippen molar-refractivity contribution in [3.8, 4) is 0 Å². The number of nitrogens with zero attached hydrogens (tertiary/aromatic N) is 1. The molecule has 1 aromatic carbocycles. The van der Waals surface area contributed by atoms with Crippen molar-refractivity contribution in [1.29, 1.82) is 0 Å². The number of rotatable bonds is 5. The van der Waals surface area contributed by atoms with E-state index in [1.54, 1.807) is 23.8 Å². The second-order valence-corrected chi connectivity index (χ2v) is 6.62. The van der Waals surface area contributed by atoms with E-state index < -0.39 is 23.4 Å². The number of aryl methyl sites for hydroxylation is 1. The van der Waals surface area contributed by atoms with Crippen molar-refractivity contribution in [3.05, 3.63) is 58.3 Å². The normalized spacial score (nSPS) is 20.1. The largest absolute Gasteiger partial charge is 0.344 e. The Morgan fingerprint density at radius 3 is 2.67 bits per heavy atom. The molecule has 1 atom stereocenters. The minimum atomic E-state index is -1.03. The lowest BCUT2D eigenvalue weighted by atomic mass is 9.93. The molecule has 3 rings (SSSR count). The van der Waals surface area contributed by atoms with Gasteiger partial charge in [0, 0.05) is 5.38 Å². The van der Waals surface area contributed by atoms with Crippen molar-refractivity contribution in [2.24, 2.45) is 0 Å². The van der Waals surface area contributed by atoms with Crippen molar-refractivity contribution in [2.45, 2.75) is 25.3 Å². The van der Waals surface area contributed by atoms with Crippen LogP contribution in [0.25, 0.3) is 0 Å². The molecule has 1 aromatic heterocycles. The standard InChI is InChI=1S/C17H17N3O3S/c1-17(9-7-12-5-3-2-4-6-12)15(22)20(16(23)18-17)19-14(21)13-8-10-24-11-13/h2-6,8,10-11H,7,9H2,1H3,(H,18,23)(H,19,21)/t17-/m0/s1. The summed E-state index contributed by atoms with van der Waals surface area (Å²) in [6.07, 6.45) is 1.10. The molecule has 124 valence electrons. The molecule has 2 heterocycles. The molecular formula is C17H17N3O3S. The van der Waals surface area contributed by atoms with Gasteiger partial charge in [0.05, 0.1) is 5.56 Å². The fourth-order valence-corrected chi connectivity index (χ4v) is 3.19. The number of benzene rings is 1. The Labute approximate surface area is 143 Å². The lowest BCUT2D eigenvalue weighted by Gasteiger charge is -2.21. The van der Waals surface area contributed by atoms with E-state index >= 15 is 0 Å². The number of imide groups is 1. The number of hydrogen-bond acceptors (Lipinski definition) is 4. The van der Waals surface area contributed by atoms with Gasteiger partial charge in [-0.1, -0.05) is 30.3 Å². The van der Waals surface area contributed by atoms with Gasteiger partial charge in [-0.3, -0.25) is 15.0 Å². The molecule has 2 N–H and O–H groups in total. The zero-order chi connectivity index (χ0) is 17.2. The number of hydrogen-bond donors (Lipinski definition) is 2. The third kappa shape index (κ3) is 3.16. The Morgan fingerprint density at radius 1 is 1.25 bits per heavy atom. The Hall–Kier alpha value is -2.67. The topological polar surface area (TPSA) is 78.5 Å². The summed E-state index contributed by atoms with van der Waals surface area (Å²) in [6, 6.07) is 10.8. The number of hydrazine groups is 1. The van der Waals surface area contributed by atoms with Crippen molar-refractivity contribution in [3.63, 3.8) is 0 Å². The highest BCUT2D eigenvalue weighted by Crippen LogP contribution is 2.22. The van der Waals surface area contributed by atoms with Crippen LogP contribution in [0, 0.1) is 0 Å². The third-order valence-corrected chi connectivity index (χ3v) is 4.70. The van der Waals surface area contributed by atoms with E-state index in [-0.39, 0.29) is 0 Å². The molecule has 7 heteroatoms. The first-order chi connectivity index (χ1) is 11.5. The van der Waals surface area contributed by atoms with Gasteiger partial charge in [0.15, 0.2) is 0 Å². The van der Waals surface area contributed by atoms with Gasteiger partial charge in [-0.05, 0) is 36.8 Å². The van der Waals surface area contributed by atoms with Gasteiger partial charge in [-0.15, -0.1) is 0 Å². The van der Waals surface area contributed by atoms with E-state index in [1.165, 1.54) is 11.3 Å². The van der Waals surface area contributed by atoms with Gasteiger partial charge >= 0.3 is 6.03 Å². The number of amides is 4. The SMILES string of the molecule is C[C@@]1(CCc2ccccc2)NC(=O)N(NC(=O)c2ccsc2)C1=O. The summed E-state index contributed by atoms with van der Waals surface area (Å²) in [5.41, 5.74) is 2.84. The molecule has 2 aromatic rings. The smallest absolute Gasteiger partial charge is 0.322 e. The second kappa shape index (κ2) is 6.45. The zero-order valence-corrected chi connectivity index (χ0v) is 13.9. The van der Waals surface area contributed by atoms with E-state index in [4.69, 9.17) is 0 Å². The zero-order valence-electron chi connectivity index (χ0n) is 13.1. The average Bonchev–Trinajstić information content (AvgIpc) is 3.18. The maximum absolute atomic E-state index is 12.6. The van der Waals surface area contributed by atoms with E-state index in [9.17, 15) is 14.4 Å². The number of urea groups is 1. The van der Waals surface area contributed by atoms with Crippen molar-refractivity contribution < 1.29 is 14.4 Å². The molecule has 0 saturated carbocycles. The van der Waals surface area contributed by atoms with Crippen LogP contribution in [0.4, 0.5) is 4.79 Å². The average molecular weight is 343 g/mol. The predicted octanol–water partition coefficient (Wildman–Crippen LogP) is 2.34. The highest BCUT2D eigenvalue weighted by Gasteiger charge is 2.48. The van der Waals surface area contributed by atoms with Crippen LogP contribution < -0.4 is 10.7 Å². The summed E-state index contributed by atoms with van der Waals surface area (Å²) in [6.45, 7) is 1.67. The first kappa shape index (κ1) is 16.2. The summed E-state index contributed by atoms with van der Waals surface area (Å²) < 4.78 is 0. The first-order valence-corrected chi connectivity index (χ1v) is 8.48. The van der Waals surface area contributed by atoms with Crippen LogP contribution in [0.1, 0.15) is 29.3 Å². The maximum atomic E-state index is 12.6. The summed E-state index contributed by atoms with van der Waals surface area (Å²) >= 11 is 1.37. The summed E-state index contributed by atoms with van der Waals surface area (Å²) in [7, 11) is 0.